The minimum absolute atomic E-state index is 0.0637. The van der Waals surface area contributed by atoms with E-state index in [0.717, 1.165) is 5.56 Å². The molecule has 0 fully saturated rings. The second-order valence-electron chi connectivity index (χ2n) is 7.04. The average molecular weight is 410 g/mol. The van der Waals surface area contributed by atoms with Gasteiger partial charge in [0.1, 0.15) is 5.82 Å². The summed E-state index contributed by atoms with van der Waals surface area (Å²) in [5.74, 6) is -1.02. The molecular formula is C22H23FN4O3. The van der Waals surface area contributed by atoms with Gasteiger partial charge in [0.25, 0.3) is 5.91 Å². The minimum atomic E-state index is -0.545. The molecule has 0 bridgehead atoms. The van der Waals surface area contributed by atoms with Crippen molar-refractivity contribution in [1.82, 2.24) is 10.5 Å². The number of anilines is 2. The van der Waals surface area contributed by atoms with E-state index in [2.05, 4.69) is 15.8 Å². The predicted molar refractivity (Wildman–Crippen MR) is 113 cm³/mol. The molecule has 0 atom stereocenters. The topological polar surface area (TPSA) is 87.5 Å². The number of hydrogen-bond acceptors (Lipinski definition) is 5. The van der Waals surface area contributed by atoms with Crippen LogP contribution >= 0.6 is 0 Å². The van der Waals surface area contributed by atoms with Gasteiger partial charge in [0.2, 0.25) is 5.91 Å². The number of rotatable bonds is 7. The van der Waals surface area contributed by atoms with Crippen LogP contribution < -0.4 is 15.5 Å². The molecule has 3 aromatic rings. The van der Waals surface area contributed by atoms with Crippen LogP contribution in [0, 0.1) is 5.82 Å². The fraction of sp³-hybridized carbons (Fsp3) is 0.227. The molecule has 0 radical (unpaired) electrons. The molecule has 0 saturated carbocycles. The zero-order valence-corrected chi connectivity index (χ0v) is 17.0. The lowest BCUT2D eigenvalue weighted by Gasteiger charge is -2.24. The molecule has 0 aliphatic heterocycles. The van der Waals surface area contributed by atoms with Gasteiger partial charge >= 0.3 is 0 Å². The van der Waals surface area contributed by atoms with E-state index in [1.807, 2.05) is 44.2 Å². The Morgan fingerprint density at radius 2 is 1.87 bits per heavy atom. The molecule has 0 aliphatic rings. The second-order valence-corrected chi connectivity index (χ2v) is 7.04. The van der Waals surface area contributed by atoms with Crippen LogP contribution in [0.2, 0.25) is 0 Å². The maximum atomic E-state index is 14.3. The number of aromatic nitrogens is 1. The number of amides is 2. The smallest absolute Gasteiger partial charge is 0.273 e. The van der Waals surface area contributed by atoms with Gasteiger partial charge < -0.3 is 20.1 Å². The maximum Gasteiger partial charge on any atom is 0.273 e. The average Bonchev–Trinajstić information content (AvgIpc) is 3.23. The molecule has 0 unspecified atom stereocenters. The summed E-state index contributed by atoms with van der Waals surface area (Å²) in [5.41, 5.74) is 1.60. The summed E-state index contributed by atoms with van der Waals surface area (Å²) < 4.78 is 19.5. The number of nitrogens with zero attached hydrogens (tertiary/aromatic N) is 2. The molecule has 2 amide bonds. The van der Waals surface area contributed by atoms with Crippen molar-refractivity contribution in [2.45, 2.75) is 19.9 Å². The highest BCUT2D eigenvalue weighted by molar-refractivity contribution is 5.98. The van der Waals surface area contributed by atoms with Crippen molar-refractivity contribution in [3.8, 4) is 11.3 Å². The predicted octanol–water partition coefficient (Wildman–Crippen LogP) is 3.69. The third-order valence-corrected chi connectivity index (χ3v) is 4.60. The van der Waals surface area contributed by atoms with Crippen LogP contribution in [0.15, 0.2) is 59.1 Å². The first kappa shape index (κ1) is 21.0. The number of nitrogens with one attached hydrogen (secondary N) is 2. The van der Waals surface area contributed by atoms with Gasteiger partial charge in [-0.3, -0.25) is 9.59 Å². The van der Waals surface area contributed by atoms with Crippen LogP contribution in [-0.2, 0) is 4.79 Å². The zero-order chi connectivity index (χ0) is 21.7. The fourth-order valence-corrected chi connectivity index (χ4v) is 2.73. The molecule has 156 valence electrons. The van der Waals surface area contributed by atoms with Gasteiger partial charge in [-0.15, -0.1) is 0 Å². The molecule has 2 aromatic carbocycles. The molecule has 30 heavy (non-hydrogen) atoms. The minimum Gasteiger partial charge on any atom is -0.370 e. The van der Waals surface area contributed by atoms with Gasteiger partial charge in [-0.1, -0.05) is 35.5 Å². The Labute approximate surface area is 173 Å². The van der Waals surface area contributed by atoms with Gasteiger partial charge in [0.05, 0.1) is 12.2 Å². The van der Waals surface area contributed by atoms with E-state index in [4.69, 9.17) is 4.52 Å². The highest BCUT2D eigenvalue weighted by Crippen LogP contribution is 2.23. The Morgan fingerprint density at radius 3 is 2.53 bits per heavy atom. The van der Waals surface area contributed by atoms with E-state index in [1.165, 1.54) is 12.1 Å². The third-order valence-electron chi connectivity index (χ3n) is 4.60. The summed E-state index contributed by atoms with van der Waals surface area (Å²) in [7, 11) is 1.80. The monoisotopic (exact) mass is 410 g/mol. The lowest BCUT2D eigenvalue weighted by atomic mass is 10.1. The molecule has 0 saturated heterocycles. The van der Waals surface area contributed by atoms with E-state index in [-0.39, 0.29) is 18.3 Å². The van der Waals surface area contributed by atoms with Crippen LogP contribution in [0.3, 0.4) is 0 Å². The van der Waals surface area contributed by atoms with Crippen molar-refractivity contribution < 1.29 is 18.5 Å². The van der Waals surface area contributed by atoms with E-state index < -0.39 is 17.6 Å². The Bertz CT molecular complexity index is 1030. The Kier molecular flexibility index (Phi) is 6.46. The van der Waals surface area contributed by atoms with Gasteiger partial charge in [-0.05, 0) is 32.0 Å². The van der Waals surface area contributed by atoms with Crippen molar-refractivity contribution in [2.75, 3.05) is 23.8 Å². The number of carbonyl (C=O) groups is 2. The van der Waals surface area contributed by atoms with Gasteiger partial charge in [-0.2, -0.15) is 0 Å². The highest BCUT2D eigenvalue weighted by Gasteiger charge is 2.15. The van der Waals surface area contributed by atoms with Crippen LogP contribution in [0.5, 0.6) is 0 Å². The van der Waals surface area contributed by atoms with Crippen molar-refractivity contribution in [3.05, 3.63) is 66.1 Å². The third kappa shape index (κ3) is 5.02. The first-order chi connectivity index (χ1) is 14.3. The first-order valence-electron chi connectivity index (χ1n) is 9.47. The molecule has 8 heteroatoms. The summed E-state index contributed by atoms with van der Waals surface area (Å²) in [5, 5.41) is 8.76. The summed E-state index contributed by atoms with van der Waals surface area (Å²) >= 11 is 0. The number of halogens is 1. The Morgan fingerprint density at radius 1 is 1.13 bits per heavy atom. The SMILES string of the molecule is CC(C)N(C)c1ccc(NC(=O)CNC(=O)c2cc(-c3ccccc3)on2)cc1F. The van der Waals surface area contributed by atoms with Crippen LogP contribution in [0.25, 0.3) is 11.3 Å². The molecule has 1 aromatic heterocycles. The summed E-state index contributed by atoms with van der Waals surface area (Å²) in [4.78, 5) is 26.1. The van der Waals surface area contributed by atoms with Crippen molar-refractivity contribution >= 4 is 23.2 Å². The molecule has 7 nitrogen and oxygen atoms in total. The summed E-state index contributed by atoms with van der Waals surface area (Å²) in [6, 6.07) is 15.3. The highest BCUT2D eigenvalue weighted by atomic mass is 19.1. The normalized spacial score (nSPS) is 10.7. The number of hydrogen-bond donors (Lipinski definition) is 2. The zero-order valence-electron chi connectivity index (χ0n) is 17.0. The van der Waals surface area contributed by atoms with Crippen LogP contribution in [0.4, 0.5) is 15.8 Å². The number of carbonyl (C=O) groups excluding carboxylic acids is 2. The molecular weight excluding hydrogens is 387 g/mol. The van der Waals surface area contributed by atoms with E-state index >= 15 is 0 Å². The van der Waals surface area contributed by atoms with Gasteiger partial charge in [0.15, 0.2) is 11.5 Å². The fourth-order valence-electron chi connectivity index (χ4n) is 2.73. The summed E-state index contributed by atoms with van der Waals surface area (Å²) in [6.07, 6.45) is 0. The largest absolute Gasteiger partial charge is 0.370 e. The standard InChI is InChI=1S/C22H23FN4O3/c1-14(2)27(3)19-10-9-16(11-17(19)23)25-21(28)13-24-22(29)18-12-20(30-26-18)15-7-5-4-6-8-15/h4-12,14H,13H2,1-3H3,(H,24,29)(H,25,28). The number of benzene rings is 2. The maximum absolute atomic E-state index is 14.3. The first-order valence-corrected chi connectivity index (χ1v) is 9.47. The van der Waals surface area contributed by atoms with Crippen molar-refractivity contribution in [3.63, 3.8) is 0 Å². The van der Waals surface area contributed by atoms with Crippen LogP contribution in [0.1, 0.15) is 24.3 Å². The molecule has 0 aliphatic carbocycles. The molecule has 0 spiro atoms. The lowest BCUT2D eigenvalue weighted by molar-refractivity contribution is -0.115. The lowest BCUT2D eigenvalue weighted by Crippen LogP contribution is -2.33. The van der Waals surface area contributed by atoms with E-state index in [0.29, 0.717) is 17.1 Å². The van der Waals surface area contributed by atoms with Gasteiger partial charge in [-0.25, -0.2) is 4.39 Å². The second kappa shape index (κ2) is 9.21. The van der Waals surface area contributed by atoms with E-state index in [1.54, 1.807) is 24.1 Å². The Balaban J connectivity index is 1.55. The molecule has 1 heterocycles. The van der Waals surface area contributed by atoms with Crippen molar-refractivity contribution in [1.29, 1.82) is 0 Å². The van der Waals surface area contributed by atoms with Crippen molar-refractivity contribution in [2.24, 2.45) is 0 Å². The summed E-state index contributed by atoms with van der Waals surface area (Å²) in [6.45, 7) is 3.62. The Hall–Kier alpha value is -3.68. The van der Waals surface area contributed by atoms with Gasteiger partial charge in [0, 0.05) is 30.4 Å². The van der Waals surface area contributed by atoms with Crippen LogP contribution in [-0.4, -0.2) is 36.6 Å². The quantitative estimate of drug-likeness (QED) is 0.620. The van der Waals surface area contributed by atoms with E-state index in [9.17, 15) is 14.0 Å². The molecule has 3 rings (SSSR count). The molecule has 2 N–H and O–H groups in total.